The summed E-state index contributed by atoms with van der Waals surface area (Å²) in [6, 6.07) is 7.66. The predicted molar refractivity (Wildman–Crippen MR) is 101 cm³/mol. The molecule has 0 bridgehead atoms. The van der Waals surface area contributed by atoms with Gasteiger partial charge in [-0.25, -0.2) is 10.2 Å². The molecule has 0 radical (unpaired) electrons. The number of nitrogens with zero attached hydrogens (tertiary/aromatic N) is 2. The number of carbonyl (C=O) groups is 1. The van der Waals surface area contributed by atoms with Crippen molar-refractivity contribution in [2.45, 2.75) is 20.8 Å². The van der Waals surface area contributed by atoms with E-state index in [0.29, 0.717) is 43.2 Å². The number of nitrogens with two attached hydrogens (primary N) is 1. The molecule has 0 unspecified atom stereocenters. The maximum atomic E-state index is 11.6. The second kappa shape index (κ2) is 8.09. The van der Waals surface area contributed by atoms with Gasteiger partial charge in [0.2, 0.25) is 0 Å². The van der Waals surface area contributed by atoms with Crippen molar-refractivity contribution in [1.82, 2.24) is 0 Å². The van der Waals surface area contributed by atoms with Gasteiger partial charge in [-0.05, 0) is 56.7 Å². The van der Waals surface area contributed by atoms with Crippen LogP contribution in [0.1, 0.15) is 20.8 Å². The highest BCUT2D eigenvalue weighted by molar-refractivity contribution is 6.21. The van der Waals surface area contributed by atoms with Gasteiger partial charge in [0.1, 0.15) is 19.6 Å². The Hall–Kier alpha value is -2.44. The summed E-state index contributed by atoms with van der Waals surface area (Å²) in [4.78, 5) is 16.0. The molecule has 25 heavy (non-hydrogen) atoms. The van der Waals surface area contributed by atoms with Crippen LogP contribution in [0.25, 0.3) is 0 Å². The zero-order valence-corrected chi connectivity index (χ0v) is 15.1. The third-order valence-corrected chi connectivity index (χ3v) is 4.48. The van der Waals surface area contributed by atoms with Crippen molar-refractivity contribution in [3.63, 3.8) is 0 Å². The number of likely N-dealkylation sites (N-methyl/N-ethyl adjacent to an activating group) is 1. The molecule has 0 atom stereocenters. The molecule has 0 spiro atoms. The van der Waals surface area contributed by atoms with Gasteiger partial charge in [0.05, 0.1) is 23.6 Å². The fourth-order valence-electron chi connectivity index (χ4n) is 2.53. The van der Waals surface area contributed by atoms with Crippen molar-refractivity contribution in [1.29, 1.82) is 0 Å². The third kappa shape index (κ3) is 5.01. The van der Waals surface area contributed by atoms with Crippen LogP contribution in [-0.2, 0) is 4.79 Å². The summed E-state index contributed by atoms with van der Waals surface area (Å²) in [7, 11) is 0. The lowest BCUT2D eigenvalue weighted by Crippen LogP contribution is -2.47. The van der Waals surface area contributed by atoms with E-state index in [0.717, 1.165) is 11.4 Å². The zero-order valence-electron chi connectivity index (χ0n) is 15.1. The fraction of sp³-hybridized carbons (Fsp3) is 0.368. The minimum absolute atomic E-state index is 0.0642. The fourth-order valence-corrected chi connectivity index (χ4v) is 2.53. The minimum atomic E-state index is -0.0754. The summed E-state index contributed by atoms with van der Waals surface area (Å²) >= 11 is 0. The van der Waals surface area contributed by atoms with Crippen LogP contribution in [-0.4, -0.2) is 47.5 Å². The average Bonchev–Trinajstić information content (AvgIpc) is 2.61. The second-order valence-corrected chi connectivity index (χ2v) is 6.21. The van der Waals surface area contributed by atoms with Gasteiger partial charge < -0.3 is 11.1 Å². The number of quaternary nitrogens is 1. The maximum Gasteiger partial charge on any atom is 0.183 e. The Bertz CT molecular complexity index is 713. The van der Waals surface area contributed by atoms with Crippen LogP contribution in [0.3, 0.4) is 0 Å². The Labute approximate surface area is 148 Å². The summed E-state index contributed by atoms with van der Waals surface area (Å²) in [6.07, 6.45) is 3.11. The quantitative estimate of drug-likeness (QED) is 0.403. The number of hydrogen-bond donors (Lipinski definition) is 3. The van der Waals surface area contributed by atoms with Crippen LogP contribution < -0.4 is 11.1 Å². The van der Waals surface area contributed by atoms with Gasteiger partial charge in [0, 0.05) is 11.8 Å². The van der Waals surface area contributed by atoms with Gasteiger partial charge in [-0.15, -0.1) is 0 Å². The first kappa shape index (κ1) is 18.9. The molecule has 0 saturated heterocycles. The minimum Gasteiger partial charge on any atom is -0.397 e. The molecule has 0 fully saturated rings. The number of ketones is 1. The Morgan fingerprint density at radius 1 is 1.16 bits per heavy atom. The topological polar surface area (TPSA) is 87.7 Å². The van der Waals surface area contributed by atoms with E-state index >= 15 is 0 Å². The molecule has 0 aromatic heterocycles. The van der Waals surface area contributed by atoms with E-state index in [9.17, 15) is 10.0 Å². The number of hydrogen-bond acceptors (Lipinski definition) is 5. The van der Waals surface area contributed by atoms with E-state index in [2.05, 4.69) is 10.3 Å². The largest absolute Gasteiger partial charge is 0.397 e. The van der Waals surface area contributed by atoms with E-state index in [-0.39, 0.29) is 10.4 Å². The maximum absolute atomic E-state index is 11.6. The highest BCUT2D eigenvalue weighted by atomic mass is 16.5. The van der Waals surface area contributed by atoms with E-state index in [1.54, 1.807) is 13.0 Å². The van der Waals surface area contributed by atoms with Gasteiger partial charge in [-0.3, -0.25) is 4.79 Å². The molecular formula is C19H27N4O2+. The lowest BCUT2D eigenvalue weighted by molar-refractivity contribution is -1.10. The summed E-state index contributed by atoms with van der Waals surface area (Å²) in [5.74, 6) is -0.0754. The monoisotopic (exact) mass is 343 g/mol. The summed E-state index contributed by atoms with van der Waals surface area (Å²) < 4.78 is 0.0642. The van der Waals surface area contributed by atoms with Gasteiger partial charge in [-0.2, -0.15) is 4.65 Å². The van der Waals surface area contributed by atoms with Crippen LogP contribution >= 0.6 is 0 Å². The lowest BCUT2D eigenvalue weighted by Gasteiger charge is -2.27. The average molecular weight is 343 g/mol. The standard InChI is InChI=1S/C19H26N4O2/c1-4-23(25,5-2)11-10-21-15-6-8-16(9-7-15)22-18-12-14(3)19(24)13-17(18)20/h6-9,12-13,25H,4-5,10-11H2,1-3H3,(H2-,20,21,24)/p+1. The predicted octanol–water partition coefficient (Wildman–Crippen LogP) is 2.79. The number of benzene rings is 1. The summed E-state index contributed by atoms with van der Waals surface area (Å²) in [6.45, 7) is 8.43. The highest BCUT2D eigenvalue weighted by Gasteiger charge is 2.19. The number of carbonyl (C=O) groups excluding carboxylic acids is 1. The van der Waals surface area contributed by atoms with Crippen LogP contribution in [0.4, 0.5) is 11.4 Å². The Kier molecular flexibility index (Phi) is 6.12. The zero-order chi connectivity index (χ0) is 18.4. The second-order valence-electron chi connectivity index (χ2n) is 6.21. The van der Waals surface area contributed by atoms with Gasteiger partial charge in [0.25, 0.3) is 0 Å². The SMILES string of the molecule is CC[N+](O)(CC)CCNc1ccc(N=C2C=C(C)C(=O)C=C2N)cc1. The highest BCUT2D eigenvalue weighted by Crippen LogP contribution is 2.19. The lowest BCUT2D eigenvalue weighted by atomic mass is 10.0. The normalized spacial score (nSPS) is 16.6. The van der Waals surface area contributed by atoms with Gasteiger partial charge in [-0.1, -0.05) is 0 Å². The Morgan fingerprint density at radius 3 is 2.40 bits per heavy atom. The first-order valence-corrected chi connectivity index (χ1v) is 8.58. The van der Waals surface area contributed by atoms with Crippen molar-refractivity contribution in [3.8, 4) is 0 Å². The molecule has 0 saturated carbocycles. The van der Waals surface area contributed by atoms with Gasteiger partial charge >= 0.3 is 0 Å². The molecule has 4 N–H and O–H groups in total. The number of allylic oxidation sites excluding steroid dienone is 3. The van der Waals surface area contributed by atoms with Crippen LogP contribution in [0.15, 0.2) is 52.7 Å². The van der Waals surface area contributed by atoms with Crippen LogP contribution in [0, 0.1) is 0 Å². The number of rotatable bonds is 7. The van der Waals surface area contributed by atoms with Crippen molar-refractivity contribution in [3.05, 3.63) is 47.7 Å². The Morgan fingerprint density at radius 2 is 1.80 bits per heavy atom. The first-order valence-electron chi connectivity index (χ1n) is 8.58. The Balaban J connectivity index is 2.00. The van der Waals surface area contributed by atoms with E-state index < -0.39 is 0 Å². The van der Waals surface area contributed by atoms with E-state index in [1.807, 2.05) is 38.1 Å². The smallest absolute Gasteiger partial charge is 0.183 e. The molecule has 0 heterocycles. The number of anilines is 1. The molecule has 1 aliphatic rings. The molecule has 2 rings (SSSR count). The first-order chi connectivity index (χ1) is 11.9. The van der Waals surface area contributed by atoms with E-state index in [1.165, 1.54) is 6.08 Å². The van der Waals surface area contributed by atoms with Crippen molar-refractivity contribution >= 4 is 22.9 Å². The van der Waals surface area contributed by atoms with Crippen molar-refractivity contribution in [2.24, 2.45) is 10.7 Å². The number of aliphatic imine (C=N–C) groups is 1. The third-order valence-electron chi connectivity index (χ3n) is 4.48. The summed E-state index contributed by atoms with van der Waals surface area (Å²) in [5.41, 5.74) is 9.22. The number of hydroxylamine groups is 3. The van der Waals surface area contributed by atoms with Crippen molar-refractivity contribution in [2.75, 3.05) is 31.5 Å². The van der Waals surface area contributed by atoms with Crippen LogP contribution in [0.2, 0.25) is 0 Å². The van der Waals surface area contributed by atoms with E-state index in [4.69, 9.17) is 5.73 Å². The molecule has 1 aliphatic carbocycles. The molecule has 1 aromatic carbocycles. The van der Waals surface area contributed by atoms with Crippen molar-refractivity contribution < 1.29 is 14.6 Å². The molecule has 0 aliphatic heterocycles. The number of nitrogens with one attached hydrogen (secondary N) is 1. The van der Waals surface area contributed by atoms with Gasteiger partial charge in [0.15, 0.2) is 5.78 Å². The molecule has 1 aromatic rings. The molecule has 6 nitrogen and oxygen atoms in total. The molecule has 6 heteroatoms. The molecule has 134 valence electrons. The van der Waals surface area contributed by atoms with Crippen LogP contribution in [0.5, 0.6) is 0 Å². The summed E-state index contributed by atoms with van der Waals surface area (Å²) in [5, 5.41) is 13.5. The molecular weight excluding hydrogens is 316 g/mol. The molecule has 0 amide bonds.